The van der Waals surface area contributed by atoms with Crippen LogP contribution in [0.15, 0.2) is 0 Å². The summed E-state index contributed by atoms with van der Waals surface area (Å²) >= 11 is 0. The lowest BCUT2D eigenvalue weighted by Gasteiger charge is -2.48. The zero-order chi connectivity index (χ0) is 24.6. The first kappa shape index (κ1) is 27.0. The van der Waals surface area contributed by atoms with Gasteiger partial charge in [0.2, 0.25) is 0 Å². The summed E-state index contributed by atoms with van der Waals surface area (Å²) in [4.78, 5) is 0. The van der Waals surface area contributed by atoms with E-state index in [-0.39, 0.29) is 0 Å². The molecule has 3 aliphatic heterocycles. The van der Waals surface area contributed by atoms with Crippen molar-refractivity contribution in [1.82, 2.24) is 5.32 Å². The molecule has 3 heterocycles. The average Bonchev–Trinajstić information content (AvgIpc) is 2.79. The van der Waals surface area contributed by atoms with Crippen LogP contribution < -0.4 is 11.1 Å². The molecule has 1 unspecified atom stereocenters. The number of nitrogens with one attached hydrogen (secondary N) is 1. The van der Waals surface area contributed by atoms with Crippen LogP contribution in [-0.2, 0) is 18.9 Å². The SMILES string of the molecule is C[C@H]1OC(N[C@@H]2[C@@H](O)[C@H](O[C@@H]3O[C@H](CO)[C@@H](O)[C@H](O)[C@H]3N)[C@@H](CO)O[C@H]2O)[C@H](O)[C@@H](O)[C@H]1O. The Morgan fingerprint density at radius 1 is 0.758 bits per heavy atom. The molecule has 3 aliphatic rings. The Bertz CT molecular complexity index is 632. The van der Waals surface area contributed by atoms with Crippen molar-refractivity contribution < 1.29 is 64.9 Å². The standard InChI is InChI=1S/C18H34N2O13/c1-4-9(23)13(27)14(28)16(30-4)20-8-12(26)15(6(3-22)31-17(8)29)33-18-7(19)11(25)10(24)5(2-21)32-18/h4-18,20-29H,2-3,19H2,1H3/t4-,5-,6-,7-,8-,9+,10-,11-,12-,13+,14-,15-,16?,17-,18+/m1/s1. The Kier molecular flexibility index (Phi) is 8.99. The number of rotatable bonds is 6. The van der Waals surface area contributed by atoms with E-state index in [1.54, 1.807) is 0 Å². The first-order valence-electron chi connectivity index (χ1n) is 10.6. The van der Waals surface area contributed by atoms with E-state index >= 15 is 0 Å². The van der Waals surface area contributed by atoms with Crippen LogP contribution in [0.5, 0.6) is 0 Å². The van der Waals surface area contributed by atoms with Crippen LogP contribution >= 0.6 is 0 Å². The van der Waals surface area contributed by atoms with Gasteiger partial charge in [0.25, 0.3) is 0 Å². The van der Waals surface area contributed by atoms with Gasteiger partial charge in [-0.15, -0.1) is 0 Å². The topological polar surface area (TPSA) is 257 Å². The lowest BCUT2D eigenvalue weighted by atomic mass is 9.93. The summed E-state index contributed by atoms with van der Waals surface area (Å²) in [6, 6.07) is -2.68. The van der Waals surface area contributed by atoms with E-state index in [1.165, 1.54) is 6.92 Å². The van der Waals surface area contributed by atoms with Crippen molar-refractivity contribution in [2.75, 3.05) is 13.2 Å². The fourth-order valence-corrected chi connectivity index (χ4v) is 4.19. The van der Waals surface area contributed by atoms with Gasteiger partial charge in [-0.2, -0.15) is 0 Å². The second-order valence-corrected chi connectivity index (χ2v) is 8.55. The third-order valence-corrected chi connectivity index (χ3v) is 6.30. The predicted molar refractivity (Wildman–Crippen MR) is 104 cm³/mol. The van der Waals surface area contributed by atoms with Crippen molar-refractivity contribution in [3.05, 3.63) is 0 Å². The van der Waals surface area contributed by atoms with Crippen molar-refractivity contribution in [2.24, 2.45) is 5.73 Å². The number of hydrogen-bond acceptors (Lipinski definition) is 15. The summed E-state index contributed by atoms with van der Waals surface area (Å²) in [7, 11) is 0. The van der Waals surface area contributed by atoms with Gasteiger partial charge in [0.1, 0.15) is 61.2 Å². The fourth-order valence-electron chi connectivity index (χ4n) is 4.19. The van der Waals surface area contributed by atoms with Crippen molar-refractivity contribution in [3.63, 3.8) is 0 Å². The molecular formula is C18H34N2O13. The highest BCUT2D eigenvalue weighted by Gasteiger charge is 2.52. The Balaban J connectivity index is 1.75. The minimum atomic E-state index is -1.72. The van der Waals surface area contributed by atoms with Gasteiger partial charge in [-0.3, -0.25) is 5.32 Å². The molecule has 194 valence electrons. The highest BCUT2D eigenvalue weighted by atomic mass is 16.7. The van der Waals surface area contributed by atoms with E-state index in [4.69, 9.17) is 24.7 Å². The van der Waals surface area contributed by atoms with Gasteiger partial charge in [-0.05, 0) is 6.92 Å². The summed E-state index contributed by atoms with van der Waals surface area (Å²) in [5.41, 5.74) is 5.86. The molecule has 0 aromatic carbocycles. The van der Waals surface area contributed by atoms with Crippen molar-refractivity contribution in [3.8, 4) is 0 Å². The normalized spacial score (nSPS) is 53.7. The number of ether oxygens (including phenoxy) is 4. The van der Waals surface area contributed by atoms with Crippen LogP contribution in [-0.4, -0.2) is 151 Å². The third kappa shape index (κ3) is 5.32. The molecule has 3 saturated heterocycles. The maximum Gasteiger partial charge on any atom is 0.176 e. The number of aliphatic hydroxyl groups excluding tert-OH is 9. The van der Waals surface area contributed by atoms with Gasteiger partial charge in [0.15, 0.2) is 12.6 Å². The summed E-state index contributed by atoms with van der Waals surface area (Å²) in [5, 5.41) is 93.0. The molecule has 15 heteroatoms. The smallest absolute Gasteiger partial charge is 0.176 e. The quantitative estimate of drug-likeness (QED) is 0.167. The zero-order valence-electron chi connectivity index (χ0n) is 17.8. The Labute approximate surface area is 188 Å². The predicted octanol–water partition coefficient (Wildman–Crippen LogP) is -7.01. The molecular weight excluding hydrogens is 452 g/mol. The molecule has 0 aliphatic carbocycles. The lowest BCUT2D eigenvalue weighted by molar-refractivity contribution is -0.329. The molecule has 0 aromatic heterocycles. The molecule has 12 N–H and O–H groups in total. The van der Waals surface area contributed by atoms with Crippen LogP contribution in [0.25, 0.3) is 0 Å². The molecule has 0 bridgehead atoms. The van der Waals surface area contributed by atoms with Crippen molar-refractivity contribution >= 4 is 0 Å². The van der Waals surface area contributed by atoms with Gasteiger partial charge in [0, 0.05) is 0 Å². The van der Waals surface area contributed by atoms with Crippen molar-refractivity contribution in [1.29, 1.82) is 0 Å². The van der Waals surface area contributed by atoms with E-state index in [2.05, 4.69) is 5.32 Å². The van der Waals surface area contributed by atoms with Crippen LogP contribution in [0.2, 0.25) is 0 Å². The lowest BCUT2D eigenvalue weighted by Crippen LogP contribution is -2.71. The van der Waals surface area contributed by atoms with Crippen LogP contribution in [0.3, 0.4) is 0 Å². The highest BCUT2D eigenvalue weighted by Crippen LogP contribution is 2.29. The number of hydrogen-bond donors (Lipinski definition) is 11. The van der Waals surface area contributed by atoms with E-state index in [0.717, 1.165) is 0 Å². The third-order valence-electron chi connectivity index (χ3n) is 6.30. The van der Waals surface area contributed by atoms with Crippen LogP contribution in [0.1, 0.15) is 6.92 Å². The molecule has 15 nitrogen and oxygen atoms in total. The van der Waals surface area contributed by atoms with E-state index < -0.39 is 105 Å². The minimum absolute atomic E-state index is 0.663. The number of aliphatic hydroxyl groups is 9. The van der Waals surface area contributed by atoms with Gasteiger partial charge in [-0.25, -0.2) is 0 Å². The molecule has 3 rings (SSSR count). The maximum absolute atomic E-state index is 10.9. The number of nitrogens with two attached hydrogens (primary N) is 1. The molecule has 3 fully saturated rings. The molecule has 0 amide bonds. The van der Waals surface area contributed by atoms with Gasteiger partial charge in [-0.1, -0.05) is 0 Å². The van der Waals surface area contributed by atoms with Crippen molar-refractivity contribution in [2.45, 2.75) is 98.9 Å². The Morgan fingerprint density at radius 2 is 1.39 bits per heavy atom. The van der Waals surface area contributed by atoms with Gasteiger partial charge in [0.05, 0.1) is 31.4 Å². The maximum atomic E-state index is 10.9. The molecule has 15 atom stereocenters. The first-order valence-corrected chi connectivity index (χ1v) is 10.6. The largest absolute Gasteiger partial charge is 0.394 e. The second kappa shape index (κ2) is 11.0. The molecule has 33 heavy (non-hydrogen) atoms. The molecule has 0 saturated carbocycles. The average molecular weight is 486 g/mol. The van der Waals surface area contributed by atoms with E-state index in [1.807, 2.05) is 0 Å². The van der Waals surface area contributed by atoms with Gasteiger partial charge >= 0.3 is 0 Å². The Hall–Kier alpha value is -0.600. The van der Waals surface area contributed by atoms with Crippen LogP contribution in [0.4, 0.5) is 0 Å². The summed E-state index contributed by atoms with van der Waals surface area (Å²) in [5.74, 6) is 0. The van der Waals surface area contributed by atoms with E-state index in [9.17, 15) is 46.0 Å². The summed E-state index contributed by atoms with van der Waals surface area (Å²) < 4.78 is 21.8. The summed E-state index contributed by atoms with van der Waals surface area (Å²) in [6.45, 7) is 0.0855. The zero-order valence-corrected chi connectivity index (χ0v) is 17.8. The summed E-state index contributed by atoms with van der Waals surface area (Å²) in [6.07, 6.45) is -18.5. The first-order chi connectivity index (χ1) is 15.5. The van der Waals surface area contributed by atoms with Gasteiger partial charge < -0.3 is 70.6 Å². The van der Waals surface area contributed by atoms with E-state index in [0.29, 0.717) is 0 Å². The Morgan fingerprint density at radius 3 is 2.00 bits per heavy atom. The monoisotopic (exact) mass is 486 g/mol. The molecule has 0 aromatic rings. The molecule has 0 radical (unpaired) electrons. The highest BCUT2D eigenvalue weighted by molar-refractivity contribution is 4.99. The van der Waals surface area contributed by atoms with Crippen LogP contribution in [0, 0.1) is 0 Å². The second-order valence-electron chi connectivity index (χ2n) is 8.55. The molecule has 0 spiro atoms. The fraction of sp³-hybridized carbons (Fsp3) is 1.00. The minimum Gasteiger partial charge on any atom is -0.394 e.